The molecule has 1 aliphatic rings. The summed E-state index contributed by atoms with van der Waals surface area (Å²) in [5.74, 6) is -1.76. The number of halogens is 4. The average molecular weight is 482 g/mol. The molecule has 3 unspecified atom stereocenters. The summed E-state index contributed by atoms with van der Waals surface area (Å²) in [6.07, 6.45) is -2.78. The molecule has 3 rings (SSSR count). The lowest BCUT2D eigenvalue weighted by molar-refractivity contribution is -0.219. The van der Waals surface area contributed by atoms with Gasteiger partial charge >= 0.3 is 0 Å². The standard InChI is InChI=1S/C20H20Cl4O5/c1-20(26)19(25)18(28-9-12-3-5-14(22)7-16(12)24)17(29-20)10-27-8-11-2-4-13(21)6-15(11)23/h2-7,17-19,25-26H,8-10H2,1H3/t17?,18?,19?,20-/m0/s1. The van der Waals surface area contributed by atoms with Gasteiger partial charge in [0, 0.05) is 20.1 Å². The third-order valence-electron chi connectivity index (χ3n) is 4.62. The largest absolute Gasteiger partial charge is 0.385 e. The van der Waals surface area contributed by atoms with Gasteiger partial charge in [0.05, 0.1) is 19.8 Å². The zero-order valence-electron chi connectivity index (χ0n) is 15.4. The van der Waals surface area contributed by atoms with Crippen molar-refractivity contribution in [3.8, 4) is 0 Å². The van der Waals surface area contributed by atoms with E-state index in [1.807, 2.05) is 0 Å². The minimum absolute atomic E-state index is 0.0746. The van der Waals surface area contributed by atoms with Gasteiger partial charge < -0.3 is 24.4 Å². The summed E-state index contributed by atoms with van der Waals surface area (Å²) in [4.78, 5) is 0. The van der Waals surface area contributed by atoms with E-state index in [1.54, 1.807) is 36.4 Å². The number of hydrogen-bond donors (Lipinski definition) is 2. The van der Waals surface area contributed by atoms with Crippen molar-refractivity contribution in [2.45, 2.75) is 44.2 Å². The minimum atomic E-state index is -1.76. The maximum atomic E-state index is 10.4. The van der Waals surface area contributed by atoms with Crippen LogP contribution in [-0.4, -0.2) is 40.9 Å². The first-order chi connectivity index (χ1) is 13.7. The second-order valence-electron chi connectivity index (χ2n) is 6.92. The molecule has 1 fully saturated rings. The van der Waals surface area contributed by atoms with Crippen molar-refractivity contribution in [1.29, 1.82) is 0 Å². The lowest BCUT2D eigenvalue weighted by Crippen LogP contribution is -2.41. The fraction of sp³-hybridized carbons (Fsp3) is 0.400. The molecule has 2 aromatic carbocycles. The Labute approximate surface area is 189 Å². The highest BCUT2D eigenvalue weighted by Crippen LogP contribution is 2.33. The molecule has 4 atom stereocenters. The highest BCUT2D eigenvalue weighted by atomic mass is 35.5. The van der Waals surface area contributed by atoms with E-state index in [-0.39, 0.29) is 19.8 Å². The van der Waals surface area contributed by atoms with Crippen molar-refractivity contribution in [2.24, 2.45) is 0 Å². The molecule has 5 nitrogen and oxygen atoms in total. The predicted molar refractivity (Wildman–Crippen MR) is 113 cm³/mol. The van der Waals surface area contributed by atoms with Crippen molar-refractivity contribution >= 4 is 46.4 Å². The Balaban J connectivity index is 1.62. The maximum absolute atomic E-state index is 10.4. The summed E-state index contributed by atoms with van der Waals surface area (Å²) < 4.78 is 17.1. The molecule has 0 aromatic heterocycles. The van der Waals surface area contributed by atoms with E-state index in [0.29, 0.717) is 25.7 Å². The van der Waals surface area contributed by atoms with Crippen LogP contribution in [0.3, 0.4) is 0 Å². The van der Waals surface area contributed by atoms with Crippen LogP contribution in [0.25, 0.3) is 0 Å². The molecule has 158 valence electrons. The fourth-order valence-corrected chi connectivity index (χ4v) is 3.95. The van der Waals surface area contributed by atoms with Gasteiger partial charge in [0.2, 0.25) is 0 Å². The molecule has 0 saturated carbocycles. The lowest BCUT2D eigenvalue weighted by Gasteiger charge is -2.22. The van der Waals surface area contributed by atoms with Crippen LogP contribution in [0.4, 0.5) is 0 Å². The van der Waals surface area contributed by atoms with Gasteiger partial charge in [-0.3, -0.25) is 0 Å². The molecule has 2 aromatic rings. The molecule has 1 saturated heterocycles. The second kappa shape index (κ2) is 9.69. The first kappa shape index (κ1) is 23.1. The summed E-state index contributed by atoms with van der Waals surface area (Å²) in [5.41, 5.74) is 1.45. The van der Waals surface area contributed by atoms with Gasteiger partial charge in [-0.2, -0.15) is 0 Å². The molecule has 9 heteroatoms. The van der Waals surface area contributed by atoms with Crippen molar-refractivity contribution in [3.05, 3.63) is 67.6 Å². The van der Waals surface area contributed by atoms with Crippen molar-refractivity contribution in [3.63, 3.8) is 0 Å². The molecule has 0 bridgehead atoms. The molecular formula is C20H20Cl4O5. The van der Waals surface area contributed by atoms with E-state index in [2.05, 4.69) is 0 Å². The van der Waals surface area contributed by atoms with Gasteiger partial charge in [0.15, 0.2) is 5.79 Å². The topological polar surface area (TPSA) is 68.2 Å². The fourth-order valence-electron chi connectivity index (χ4n) is 3.03. The van der Waals surface area contributed by atoms with Gasteiger partial charge in [-0.25, -0.2) is 0 Å². The molecule has 0 radical (unpaired) electrons. The van der Waals surface area contributed by atoms with Gasteiger partial charge in [-0.05, 0) is 42.3 Å². The predicted octanol–water partition coefficient (Wildman–Crippen LogP) is 4.87. The molecule has 1 heterocycles. The summed E-state index contributed by atoms with van der Waals surface area (Å²) in [5, 5.41) is 22.7. The van der Waals surface area contributed by atoms with E-state index in [4.69, 9.17) is 60.6 Å². The van der Waals surface area contributed by atoms with E-state index in [9.17, 15) is 10.2 Å². The van der Waals surface area contributed by atoms with Gasteiger partial charge in [0.1, 0.15) is 18.3 Å². The van der Waals surface area contributed by atoms with Crippen LogP contribution in [-0.2, 0) is 27.4 Å². The van der Waals surface area contributed by atoms with E-state index in [0.717, 1.165) is 5.56 Å². The van der Waals surface area contributed by atoms with Crippen LogP contribution in [0, 0.1) is 0 Å². The van der Waals surface area contributed by atoms with Crippen LogP contribution >= 0.6 is 46.4 Å². The van der Waals surface area contributed by atoms with E-state index >= 15 is 0 Å². The van der Waals surface area contributed by atoms with Crippen LogP contribution < -0.4 is 0 Å². The second-order valence-corrected chi connectivity index (χ2v) is 8.61. The Kier molecular flexibility index (Phi) is 7.71. The van der Waals surface area contributed by atoms with E-state index < -0.39 is 24.1 Å². The molecular weight excluding hydrogens is 462 g/mol. The third-order valence-corrected chi connectivity index (χ3v) is 5.79. The minimum Gasteiger partial charge on any atom is -0.385 e. The molecule has 2 N–H and O–H groups in total. The van der Waals surface area contributed by atoms with Crippen LogP contribution in [0.2, 0.25) is 20.1 Å². The van der Waals surface area contributed by atoms with Crippen LogP contribution in [0.15, 0.2) is 36.4 Å². The van der Waals surface area contributed by atoms with Gasteiger partial charge in [0.25, 0.3) is 0 Å². The number of aliphatic hydroxyl groups excluding tert-OH is 1. The Morgan fingerprint density at radius 3 is 2.07 bits per heavy atom. The maximum Gasteiger partial charge on any atom is 0.192 e. The van der Waals surface area contributed by atoms with E-state index in [1.165, 1.54) is 6.92 Å². The third kappa shape index (κ3) is 5.76. The Hall–Kier alpha value is -0.600. The summed E-state index contributed by atoms with van der Waals surface area (Å²) in [6, 6.07) is 10.1. The smallest absolute Gasteiger partial charge is 0.192 e. The highest BCUT2D eigenvalue weighted by molar-refractivity contribution is 6.35. The van der Waals surface area contributed by atoms with Crippen molar-refractivity contribution in [2.75, 3.05) is 6.61 Å². The molecule has 0 aliphatic carbocycles. The Morgan fingerprint density at radius 2 is 1.52 bits per heavy atom. The lowest BCUT2D eigenvalue weighted by atomic mass is 10.1. The average Bonchev–Trinajstić information content (AvgIpc) is 2.85. The van der Waals surface area contributed by atoms with Crippen molar-refractivity contribution < 1.29 is 24.4 Å². The number of ether oxygens (including phenoxy) is 3. The zero-order chi connectivity index (χ0) is 21.2. The van der Waals surface area contributed by atoms with Crippen molar-refractivity contribution in [1.82, 2.24) is 0 Å². The number of hydrogen-bond acceptors (Lipinski definition) is 5. The monoisotopic (exact) mass is 480 g/mol. The number of rotatable bonds is 7. The molecule has 0 amide bonds. The molecule has 29 heavy (non-hydrogen) atoms. The molecule has 0 spiro atoms. The first-order valence-electron chi connectivity index (χ1n) is 8.83. The van der Waals surface area contributed by atoms with Gasteiger partial charge in [-0.15, -0.1) is 0 Å². The van der Waals surface area contributed by atoms with Crippen LogP contribution in [0.1, 0.15) is 18.1 Å². The summed E-state index contributed by atoms with van der Waals surface area (Å²) >= 11 is 24.1. The first-order valence-corrected chi connectivity index (χ1v) is 10.3. The molecule has 1 aliphatic heterocycles. The summed E-state index contributed by atoms with van der Waals surface area (Å²) in [7, 11) is 0. The number of aliphatic hydroxyl groups is 2. The zero-order valence-corrected chi connectivity index (χ0v) is 18.5. The van der Waals surface area contributed by atoms with Crippen LogP contribution in [0.5, 0.6) is 0 Å². The Morgan fingerprint density at radius 1 is 0.966 bits per heavy atom. The quantitative estimate of drug-likeness (QED) is 0.590. The Bertz CT molecular complexity index is 861. The number of benzene rings is 2. The summed E-state index contributed by atoms with van der Waals surface area (Å²) in [6.45, 7) is 1.77. The van der Waals surface area contributed by atoms with Gasteiger partial charge in [-0.1, -0.05) is 58.5 Å². The highest BCUT2D eigenvalue weighted by Gasteiger charge is 2.51. The normalized spacial score (nSPS) is 26.8. The SMILES string of the molecule is C[C@]1(O)OC(COCc2ccc(Cl)cc2Cl)C(OCc2ccc(Cl)cc2Cl)C1O.